The zero-order chi connectivity index (χ0) is 15.5. The van der Waals surface area contributed by atoms with E-state index in [-0.39, 0.29) is 23.9 Å². The molecule has 116 valence electrons. The smallest absolute Gasteiger partial charge is 0.289 e. The van der Waals surface area contributed by atoms with Crippen molar-refractivity contribution in [3.8, 4) is 11.4 Å². The minimum absolute atomic E-state index is 0.0832. The number of carbonyl (C=O) groups excluding carboxylic acids is 1. The van der Waals surface area contributed by atoms with Crippen molar-refractivity contribution < 1.29 is 9.90 Å². The zero-order valence-electron chi connectivity index (χ0n) is 12.4. The topological polar surface area (TPSA) is 92.9 Å². The second kappa shape index (κ2) is 6.23. The van der Waals surface area contributed by atoms with E-state index in [0.29, 0.717) is 5.69 Å². The first-order valence-electron chi connectivity index (χ1n) is 7.42. The van der Waals surface area contributed by atoms with Gasteiger partial charge in [0.05, 0.1) is 30.0 Å². The van der Waals surface area contributed by atoms with Crippen LogP contribution in [-0.2, 0) is 7.05 Å². The van der Waals surface area contributed by atoms with Gasteiger partial charge in [0.1, 0.15) is 0 Å². The fourth-order valence-corrected chi connectivity index (χ4v) is 2.68. The Morgan fingerprint density at radius 2 is 2.14 bits per heavy atom. The molecule has 1 fully saturated rings. The van der Waals surface area contributed by atoms with Crippen molar-refractivity contribution >= 4 is 5.91 Å². The fourth-order valence-electron chi connectivity index (χ4n) is 2.68. The van der Waals surface area contributed by atoms with Crippen molar-refractivity contribution in [2.45, 2.75) is 37.8 Å². The second-order valence-corrected chi connectivity index (χ2v) is 5.63. The molecule has 1 aliphatic carbocycles. The first kappa shape index (κ1) is 14.6. The van der Waals surface area contributed by atoms with Crippen LogP contribution in [0.1, 0.15) is 36.3 Å². The lowest BCUT2D eigenvalue weighted by Crippen LogP contribution is -2.39. The van der Waals surface area contributed by atoms with Gasteiger partial charge in [-0.15, -0.1) is 0 Å². The Labute approximate surface area is 128 Å². The van der Waals surface area contributed by atoms with Gasteiger partial charge in [0.15, 0.2) is 0 Å². The number of imidazole rings is 1. The predicted molar refractivity (Wildman–Crippen MR) is 80.0 cm³/mol. The van der Waals surface area contributed by atoms with Gasteiger partial charge in [-0.3, -0.25) is 4.79 Å². The van der Waals surface area contributed by atoms with Gasteiger partial charge >= 0.3 is 0 Å². The van der Waals surface area contributed by atoms with E-state index in [1.54, 1.807) is 24.8 Å². The lowest BCUT2D eigenvalue weighted by atomic mass is 9.93. The number of aromatic nitrogens is 4. The van der Waals surface area contributed by atoms with Crippen molar-refractivity contribution in [2.24, 2.45) is 7.05 Å². The van der Waals surface area contributed by atoms with Gasteiger partial charge in [0, 0.05) is 19.3 Å². The van der Waals surface area contributed by atoms with Gasteiger partial charge in [-0.25, -0.2) is 15.0 Å². The molecular formula is C15H19N5O2. The van der Waals surface area contributed by atoms with Crippen molar-refractivity contribution in [3.05, 3.63) is 30.6 Å². The monoisotopic (exact) mass is 301 g/mol. The lowest BCUT2D eigenvalue weighted by Gasteiger charge is -2.25. The minimum atomic E-state index is -0.273. The van der Waals surface area contributed by atoms with E-state index in [2.05, 4.69) is 20.3 Å². The molecule has 0 atom stereocenters. The Hall–Kier alpha value is -2.28. The normalized spacial score (nSPS) is 21.5. The second-order valence-electron chi connectivity index (χ2n) is 5.63. The summed E-state index contributed by atoms with van der Waals surface area (Å²) in [7, 11) is 1.87. The lowest BCUT2D eigenvalue weighted by molar-refractivity contribution is 0.0858. The van der Waals surface area contributed by atoms with Crippen LogP contribution in [-0.4, -0.2) is 42.7 Å². The number of aliphatic hydroxyl groups is 1. The summed E-state index contributed by atoms with van der Waals surface area (Å²) in [6.07, 6.45) is 7.74. The quantitative estimate of drug-likeness (QED) is 0.879. The Kier molecular flexibility index (Phi) is 4.15. The molecule has 0 unspecified atom stereocenters. The van der Waals surface area contributed by atoms with E-state index in [1.807, 2.05) is 11.6 Å². The van der Waals surface area contributed by atoms with Crippen LogP contribution in [0.25, 0.3) is 11.4 Å². The summed E-state index contributed by atoms with van der Waals surface area (Å²) in [6.45, 7) is 0. The van der Waals surface area contributed by atoms with Crippen molar-refractivity contribution in [2.75, 3.05) is 0 Å². The average molecular weight is 301 g/mol. The zero-order valence-corrected chi connectivity index (χ0v) is 12.4. The Morgan fingerprint density at radius 1 is 1.36 bits per heavy atom. The highest BCUT2D eigenvalue weighted by molar-refractivity contribution is 5.91. The summed E-state index contributed by atoms with van der Waals surface area (Å²) < 4.78 is 1.84. The minimum Gasteiger partial charge on any atom is -0.393 e. The number of hydrogen-bond donors (Lipinski definition) is 2. The molecule has 0 saturated heterocycles. The Bertz CT molecular complexity index is 661. The maximum Gasteiger partial charge on any atom is 0.289 e. The number of hydrogen-bond acceptors (Lipinski definition) is 5. The summed E-state index contributed by atoms with van der Waals surface area (Å²) in [4.78, 5) is 24.7. The highest BCUT2D eigenvalue weighted by Crippen LogP contribution is 2.19. The third-order valence-corrected chi connectivity index (χ3v) is 3.97. The summed E-state index contributed by atoms with van der Waals surface area (Å²) in [5.41, 5.74) is 1.50. The molecule has 7 nitrogen and oxygen atoms in total. The van der Waals surface area contributed by atoms with E-state index in [1.165, 1.54) is 0 Å². The van der Waals surface area contributed by atoms with Crippen LogP contribution in [0, 0.1) is 0 Å². The molecular weight excluding hydrogens is 282 g/mol. The SMILES string of the molecule is Cn1cncc1-c1ccnc(C(=O)NC2CCC(O)CC2)n1. The molecule has 0 radical (unpaired) electrons. The molecule has 7 heteroatoms. The van der Waals surface area contributed by atoms with Crippen molar-refractivity contribution in [3.63, 3.8) is 0 Å². The maximum absolute atomic E-state index is 12.3. The number of carbonyl (C=O) groups is 1. The van der Waals surface area contributed by atoms with Gasteiger partial charge in [-0.05, 0) is 31.7 Å². The Balaban J connectivity index is 1.72. The molecule has 0 spiro atoms. The molecule has 0 bridgehead atoms. The van der Waals surface area contributed by atoms with Crippen LogP contribution in [0.3, 0.4) is 0 Å². The molecule has 1 aliphatic rings. The van der Waals surface area contributed by atoms with E-state index < -0.39 is 0 Å². The standard InChI is InChI=1S/C15H19N5O2/c1-20-9-16-8-13(20)12-6-7-17-14(19-12)15(22)18-10-2-4-11(21)5-3-10/h6-11,21H,2-5H2,1H3,(H,18,22). The van der Waals surface area contributed by atoms with Crippen LogP contribution in [0.4, 0.5) is 0 Å². The largest absolute Gasteiger partial charge is 0.393 e. The summed E-state index contributed by atoms with van der Waals surface area (Å²) in [6, 6.07) is 1.84. The van der Waals surface area contributed by atoms with Gasteiger partial charge < -0.3 is 15.0 Å². The van der Waals surface area contributed by atoms with Crippen LogP contribution in [0.5, 0.6) is 0 Å². The molecule has 0 aromatic carbocycles. The van der Waals surface area contributed by atoms with Crippen LogP contribution in [0.15, 0.2) is 24.8 Å². The van der Waals surface area contributed by atoms with Gasteiger partial charge in [0.25, 0.3) is 5.91 Å². The molecule has 2 heterocycles. The van der Waals surface area contributed by atoms with Crippen molar-refractivity contribution in [1.82, 2.24) is 24.8 Å². The first-order valence-corrected chi connectivity index (χ1v) is 7.42. The fraction of sp³-hybridized carbons (Fsp3) is 0.467. The number of rotatable bonds is 3. The van der Waals surface area contributed by atoms with E-state index in [9.17, 15) is 9.90 Å². The molecule has 2 aromatic rings. The highest BCUT2D eigenvalue weighted by atomic mass is 16.3. The average Bonchev–Trinajstić information content (AvgIpc) is 2.96. The predicted octanol–water partition coefficient (Wildman–Crippen LogP) is 0.910. The number of aryl methyl sites for hydroxylation is 1. The van der Waals surface area contributed by atoms with Gasteiger partial charge in [-0.2, -0.15) is 0 Å². The number of nitrogens with zero attached hydrogens (tertiary/aromatic N) is 4. The van der Waals surface area contributed by atoms with Crippen LogP contribution in [0.2, 0.25) is 0 Å². The van der Waals surface area contributed by atoms with E-state index in [4.69, 9.17) is 0 Å². The Morgan fingerprint density at radius 3 is 2.82 bits per heavy atom. The molecule has 1 saturated carbocycles. The highest BCUT2D eigenvalue weighted by Gasteiger charge is 2.22. The number of nitrogens with one attached hydrogen (secondary N) is 1. The molecule has 2 N–H and O–H groups in total. The summed E-state index contributed by atoms with van der Waals surface area (Å²) in [5.74, 6) is -0.116. The van der Waals surface area contributed by atoms with E-state index in [0.717, 1.165) is 31.4 Å². The summed E-state index contributed by atoms with van der Waals surface area (Å²) >= 11 is 0. The maximum atomic E-state index is 12.3. The third kappa shape index (κ3) is 3.14. The third-order valence-electron chi connectivity index (χ3n) is 3.97. The first-order chi connectivity index (χ1) is 10.6. The number of aliphatic hydroxyl groups excluding tert-OH is 1. The van der Waals surface area contributed by atoms with Gasteiger partial charge in [-0.1, -0.05) is 0 Å². The number of amides is 1. The van der Waals surface area contributed by atoms with E-state index >= 15 is 0 Å². The van der Waals surface area contributed by atoms with Gasteiger partial charge in [0.2, 0.25) is 5.82 Å². The molecule has 2 aromatic heterocycles. The summed E-state index contributed by atoms with van der Waals surface area (Å²) in [5, 5.41) is 12.4. The van der Waals surface area contributed by atoms with Crippen LogP contribution >= 0.6 is 0 Å². The molecule has 22 heavy (non-hydrogen) atoms. The molecule has 0 aliphatic heterocycles. The molecule has 3 rings (SSSR count). The van der Waals surface area contributed by atoms with Crippen molar-refractivity contribution in [1.29, 1.82) is 0 Å². The molecule has 1 amide bonds. The van der Waals surface area contributed by atoms with Crippen LogP contribution < -0.4 is 5.32 Å².